The van der Waals surface area contributed by atoms with Crippen LogP contribution < -0.4 is 0 Å². The fourth-order valence-corrected chi connectivity index (χ4v) is 3.06. The molecule has 1 saturated heterocycles. The molecule has 1 fully saturated rings. The van der Waals surface area contributed by atoms with Gasteiger partial charge in [-0.3, -0.25) is 9.69 Å². The number of hydrogen-bond donors (Lipinski definition) is 1. The SMILES string of the molecule is CC(O)(CN1CCCN(C(=O)c2ccsc2)CC1)C(F)(F)F. The number of thiophene rings is 1. The highest BCUT2D eigenvalue weighted by atomic mass is 32.1. The molecule has 4 nitrogen and oxygen atoms in total. The van der Waals surface area contributed by atoms with E-state index >= 15 is 0 Å². The Morgan fingerprint density at radius 3 is 2.64 bits per heavy atom. The molecule has 1 aromatic rings. The molecule has 0 radical (unpaired) electrons. The highest BCUT2D eigenvalue weighted by Crippen LogP contribution is 2.30. The zero-order valence-electron chi connectivity index (χ0n) is 12.3. The quantitative estimate of drug-likeness (QED) is 0.920. The molecule has 124 valence electrons. The minimum Gasteiger partial charge on any atom is -0.380 e. The van der Waals surface area contributed by atoms with E-state index in [-0.39, 0.29) is 5.91 Å². The lowest BCUT2D eigenvalue weighted by Gasteiger charge is -2.32. The molecule has 2 heterocycles. The summed E-state index contributed by atoms with van der Waals surface area (Å²) in [4.78, 5) is 15.5. The molecule has 2 rings (SSSR count). The Kier molecular flexibility index (Phi) is 5.14. The molecule has 1 aromatic heterocycles. The van der Waals surface area contributed by atoms with Gasteiger partial charge >= 0.3 is 6.18 Å². The van der Waals surface area contributed by atoms with E-state index in [4.69, 9.17) is 0 Å². The van der Waals surface area contributed by atoms with Crippen LogP contribution in [0.3, 0.4) is 0 Å². The van der Waals surface area contributed by atoms with Crippen LogP contribution in [0.5, 0.6) is 0 Å². The third-order valence-corrected chi connectivity index (χ3v) is 4.47. The highest BCUT2D eigenvalue weighted by Gasteiger charge is 2.50. The predicted molar refractivity (Wildman–Crippen MR) is 78.0 cm³/mol. The van der Waals surface area contributed by atoms with Crippen molar-refractivity contribution >= 4 is 17.2 Å². The summed E-state index contributed by atoms with van der Waals surface area (Å²) in [6.45, 7) is 1.94. The van der Waals surface area contributed by atoms with Crippen LogP contribution in [0, 0.1) is 0 Å². The van der Waals surface area contributed by atoms with Gasteiger partial charge in [0.1, 0.15) is 0 Å². The number of hydrogen-bond acceptors (Lipinski definition) is 4. The van der Waals surface area contributed by atoms with Crippen LogP contribution in [-0.4, -0.2) is 65.3 Å². The summed E-state index contributed by atoms with van der Waals surface area (Å²) in [5.74, 6) is -0.0920. The fourth-order valence-electron chi connectivity index (χ4n) is 2.43. The van der Waals surface area contributed by atoms with E-state index in [1.807, 2.05) is 5.38 Å². The van der Waals surface area contributed by atoms with Gasteiger partial charge in [0.05, 0.1) is 5.56 Å². The van der Waals surface area contributed by atoms with Crippen molar-refractivity contribution in [3.63, 3.8) is 0 Å². The molecule has 0 saturated carbocycles. The average Bonchev–Trinajstić information content (AvgIpc) is 2.84. The summed E-state index contributed by atoms with van der Waals surface area (Å²) in [6, 6.07) is 1.74. The first-order chi connectivity index (χ1) is 10.2. The van der Waals surface area contributed by atoms with Gasteiger partial charge in [-0.05, 0) is 24.8 Å². The highest BCUT2D eigenvalue weighted by molar-refractivity contribution is 7.08. The van der Waals surface area contributed by atoms with Gasteiger partial charge in [0.25, 0.3) is 5.91 Å². The third-order valence-electron chi connectivity index (χ3n) is 3.79. The summed E-state index contributed by atoms with van der Waals surface area (Å²) in [7, 11) is 0. The molecule has 0 aromatic carbocycles. The molecule has 1 aliphatic rings. The van der Waals surface area contributed by atoms with Gasteiger partial charge in [0.15, 0.2) is 5.60 Å². The molecule has 1 amide bonds. The lowest BCUT2D eigenvalue weighted by atomic mass is 10.1. The van der Waals surface area contributed by atoms with Crippen LogP contribution in [0.25, 0.3) is 0 Å². The second-order valence-electron chi connectivity index (χ2n) is 5.71. The Labute approximate surface area is 131 Å². The largest absolute Gasteiger partial charge is 0.418 e. The second-order valence-corrected chi connectivity index (χ2v) is 6.49. The van der Waals surface area contributed by atoms with Crippen LogP contribution >= 0.6 is 11.3 Å². The number of carbonyl (C=O) groups excluding carboxylic acids is 1. The summed E-state index contributed by atoms with van der Waals surface area (Å²) in [6.07, 6.45) is -4.07. The van der Waals surface area contributed by atoms with Crippen molar-refractivity contribution in [3.05, 3.63) is 22.4 Å². The molecule has 1 aliphatic heterocycles. The van der Waals surface area contributed by atoms with E-state index in [0.717, 1.165) is 6.92 Å². The standard InChI is InChI=1S/C14H19F3N2O2S/c1-13(21,14(15,16)17)10-18-4-2-5-19(7-6-18)12(20)11-3-8-22-9-11/h3,8-9,21H,2,4-7,10H2,1H3. The number of alkyl halides is 3. The molecular formula is C14H19F3N2O2S. The maximum Gasteiger partial charge on any atom is 0.418 e. The number of carbonyl (C=O) groups is 1. The van der Waals surface area contributed by atoms with E-state index in [9.17, 15) is 23.1 Å². The molecule has 1 N–H and O–H groups in total. The van der Waals surface area contributed by atoms with Gasteiger partial charge in [-0.1, -0.05) is 0 Å². The molecule has 0 aliphatic carbocycles. The number of aliphatic hydroxyl groups is 1. The van der Waals surface area contributed by atoms with Crippen LogP contribution in [0.4, 0.5) is 13.2 Å². The Morgan fingerprint density at radius 1 is 1.32 bits per heavy atom. The van der Waals surface area contributed by atoms with Gasteiger partial charge in [-0.25, -0.2) is 0 Å². The second kappa shape index (κ2) is 6.55. The number of rotatable bonds is 3. The lowest BCUT2D eigenvalue weighted by Crippen LogP contribution is -2.52. The minimum atomic E-state index is -4.66. The average molecular weight is 336 g/mol. The van der Waals surface area contributed by atoms with Crippen molar-refractivity contribution in [3.8, 4) is 0 Å². The minimum absolute atomic E-state index is 0.0920. The van der Waals surface area contributed by atoms with E-state index in [1.54, 1.807) is 21.2 Å². The van der Waals surface area contributed by atoms with Crippen molar-refractivity contribution in [1.29, 1.82) is 0 Å². The predicted octanol–water partition coefficient (Wildman–Crippen LogP) is 2.21. The van der Waals surface area contributed by atoms with Crippen LogP contribution in [0.15, 0.2) is 16.8 Å². The molecule has 0 bridgehead atoms. The number of β-amino-alcohol motifs (C(OH)–C–C–N with tert-alkyl or cyclic N) is 1. The summed E-state index contributed by atoms with van der Waals surface area (Å²) in [5, 5.41) is 13.2. The zero-order valence-corrected chi connectivity index (χ0v) is 13.1. The molecule has 22 heavy (non-hydrogen) atoms. The van der Waals surface area contributed by atoms with Gasteiger partial charge in [-0.15, -0.1) is 0 Å². The Balaban J connectivity index is 1.94. The molecular weight excluding hydrogens is 317 g/mol. The van der Waals surface area contributed by atoms with E-state index in [2.05, 4.69) is 0 Å². The third kappa shape index (κ3) is 3.99. The number of nitrogens with zero attached hydrogens (tertiary/aromatic N) is 2. The van der Waals surface area contributed by atoms with E-state index < -0.39 is 18.3 Å². The first kappa shape index (κ1) is 17.2. The topological polar surface area (TPSA) is 43.8 Å². The van der Waals surface area contributed by atoms with Crippen molar-refractivity contribution in [1.82, 2.24) is 9.80 Å². The van der Waals surface area contributed by atoms with Gasteiger partial charge in [-0.2, -0.15) is 24.5 Å². The fraction of sp³-hybridized carbons (Fsp3) is 0.643. The molecule has 1 unspecified atom stereocenters. The molecule has 0 spiro atoms. The van der Waals surface area contributed by atoms with E-state index in [1.165, 1.54) is 11.3 Å². The normalized spacial score (nSPS) is 20.5. The Morgan fingerprint density at radius 2 is 2.05 bits per heavy atom. The zero-order chi connectivity index (χ0) is 16.4. The van der Waals surface area contributed by atoms with Crippen LogP contribution in [0.2, 0.25) is 0 Å². The Bertz CT molecular complexity index is 503. The van der Waals surface area contributed by atoms with Gasteiger partial charge in [0, 0.05) is 38.1 Å². The van der Waals surface area contributed by atoms with E-state index in [0.29, 0.717) is 38.2 Å². The van der Waals surface area contributed by atoms with Crippen molar-refractivity contribution in [2.45, 2.75) is 25.1 Å². The van der Waals surface area contributed by atoms with Crippen molar-refractivity contribution in [2.75, 3.05) is 32.7 Å². The smallest absolute Gasteiger partial charge is 0.380 e. The lowest BCUT2D eigenvalue weighted by molar-refractivity contribution is -0.257. The first-order valence-electron chi connectivity index (χ1n) is 7.04. The summed E-state index contributed by atoms with van der Waals surface area (Å²) < 4.78 is 38.2. The van der Waals surface area contributed by atoms with Gasteiger partial charge in [0.2, 0.25) is 0 Å². The Hall–Kier alpha value is -1.12. The number of halogens is 3. The van der Waals surface area contributed by atoms with Crippen molar-refractivity contribution < 1.29 is 23.1 Å². The monoisotopic (exact) mass is 336 g/mol. The van der Waals surface area contributed by atoms with Crippen molar-refractivity contribution in [2.24, 2.45) is 0 Å². The maximum atomic E-state index is 12.7. The first-order valence-corrected chi connectivity index (χ1v) is 7.98. The molecule has 1 atom stereocenters. The summed E-state index contributed by atoms with van der Waals surface area (Å²) >= 11 is 1.43. The maximum absolute atomic E-state index is 12.7. The van der Waals surface area contributed by atoms with Crippen LogP contribution in [0.1, 0.15) is 23.7 Å². The molecule has 8 heteroatoms. The van der Waals surface area contributed by atoms with Crippen LogP contribution in [-0.2, 0) is 0 Å². The number of amides is 1. The van der Waals surface area contributed by atoms with Gasteiger partial charge < -0.3 is 10.0 Å². The summed E-state index contributed by atoms with van der Waals surface area (Å²) in [5.41, 5.74) is -2.12.